The second-order valence-corrected chi connectivity index (χ2v) is 7.71. The van der Waals surface area contributed by atoms with Crippen LogP contribution < -0.4 is 14.4 Å². The van der Waals surface area contributed by atoms with Crippen molar-refractivity contribution in [2.75, 3.05) is 26.7 Å². The molecule has 23 heavy (non-hydrogen) atoms. The Bertz CT molecular complexity index is 584. The van der Waals surface area contributed by atoms with Crippen LogP contribution in [0.1, 0.15) is 39.2 Å². The van der Waals surface area contributed by atoms with E-state index in [-0.39, 0.29) is 10.9 Å². The van der Waals surface area contributed by atoms with Gasteiger partial charge in [0.1, 0.15) is 10.6 Å². The molecular formula is C17H31N2O3S+. The molecule has 0 bridgehead atoms. The van der Waals surface area contributed by atoms with Gasteiger partial charge >= 0.3 is 0 Å². The maximum Gasteiger partial charge on any atom is 0.244 e. The average molecular weight is 344 g/mol. The van der Waals surface area contributed by atoms with Crippen molar-refractivity contribution in [3.63, 3.8) is 0 Å². The average Bonchev–Trinajstić information content (AvgIpc) is 2.51. The van der Waals surface area contributed by atoms with Gasteiger partial charge in [-0.15, -0.1) is 0 Å². The standard InChI is InChI=1S/C17H30N2O3S/c1-6-19(7-2)12-8-9-15(4)18-23(20,21)17-13-14(3)10-11-16(17)22-5/h10-11,13,15,18H,6-9,12H2,1-5H3/p+1/t15-/m0/s1. The summed E-state index contributed by atoms with van der Waals surface area (Å²) in [5.74, 6) is 0.378. The molecule has 1 atom stereocenters. The minimum Gasteiger partial charge on any atom is -0.495 e. The molecule has 0 fully saturated rings. The second kappa shape index (κ2) is 9.25. The molecule has 0 saturated carbocycles. The van der Waals surface area contributed by atoms with Crippen molar-refractivity contribution in [3.05, 3.63) is 23.8 Å². The van der Waals surface area contributed by atoms with Crippen LogP contribution in [0.4, 0.5) is 0 Å². The third kappa shape index (κ3) is 6.12. The van der Waals surface area contributed by atoms with Crippen molar-refractivity contribution in [2.45, 2.75) is 51.5 Å². The number of sulfonamides is 1. The lowest BCUT2D eigenvalue weighted by molar-refractivity contribution is -0.896. The smallest absolute Gasteiger partial charge is 0.244 e. The van der Waals surface area contributed by atoms with Crippen molar-refractivity contribution < 1.29 is 18.1 Å². The van der Waals surface area contributed by atoms with Gasteiger partial charge in [0.15, 0.2) is 0 Å². The van der Waals surface area contributed by atoms with E-state index in [9.17, 15) is 8.42 Å². The van der Waals surface area contributed by atoms with Gasteiger partial charge < -0.3 is 9.64 Å². The summed E-state index contributed by atoms with van der Waals surface area (Å²) in [6.45, 7) is 11.4. The van der Waals surface area contributed by atoms with Gasteiger partial charge in [0, 0.05) is 6.04 Å². The van der Waals surface area contributed by atoms with E-state index in [1.807, 2.05) is 19.9 Å². The maximum atomic E-state index is 12.6. The third-order valence-corrected chi connectivity index (χ3v) is 5.74. The number of ether oxygens (including phenoxy) is 1. The molecule has 132 valence electrons. The summed E-state index contributed by atoms with van der Waals surface area (Å²) in [7, 11) is -2.08. The van der Waals surface area contributed by atoms with Crippen LogP contribution in [-0.4, -0.2) is 41.2 Å². The summed E-state index contributed by atoms with van der Waals surface area (Å²) in [6, 6.07) is 5.08. The normalized spacial score (nSPS) is 13.3. The van der Waals surface area contributed by atoms with Crippen molar-refractivity contribution in [1.82, 2.24) is 4.72 Å². The van der Waals surface area contributed by atoms with Crippen LogP contribution in [0.3, 0.4) is 0 Å². The Morgan fingerprint density at radius 1 is 1.26 bits per heavy atom. The number of rotatable bonds is 10. The molecule has 0 saturated heterocycles. The zero-order valence-corrected chi connectivity index (χ0v) is 15.8. The summed E-state index contributed by atoms with van der Waals surface area (Å²) in [6.07, 6.45) is 1.84. The van der Waals surface area contributed by atoms with Gasteiger partial charge in [0.25, 0.3) is 0 Å². The quantitative estimate of drug-likeness (QED) is 0.675. The Balaban J connectivity index is 2.69. The van der Waals surface area contributed by atoms with Gasteiger partial charge in [-0.25, -0.2) is 13.1 Å². The molecule has 0 heterocycles. The molecule has 0 spiro atoms. The molecule has 1 rings (SSSR count). The molecule has 0 aliphatic rings. The van der Waals surface area contributed by atoms with Gasteiger partial charge in [-0.1, -0.05) is 6.07 Å². The Morgan fingerprint density at radius 3 is 2.48 bits per heavy atom. The van der Waals surface area contributed by atoms with E-state index in [2.05, 4.69) is 18.6 Å². The fourth-order valence-corrected chi connectivity index (χ4v) is 4.17. The highest BCUT2D eigenvalue weighted by molar-refractivity contribution is 7.89. The second-order valence-electron chi connectivity index (χ2n) is 6.03. The first-order chi connectivity index (χ1) is 10.8. The van der Waals surface area contributed by atoms with E-state index < -0.39 is 10.0 Å². The van der Waals surface area contributed by atoms with Gasteiger partial charge in [-0.05, 0) is 58.2 Å². The zero-order chi connectivity index (χ0) is 17.5. The van der Waals surface area contributed by atoms with Crippen LogP contribution in [0.2, 0.25) is 0 Å². The SMILES string of the molecule is CC[NH+](CC)CCC[C@H](C)NS(=O)(=O)c1cc(C)ccc1OC. The van der Waals surface area contributed by atoms with E-state index >= 15 is 0 Å². The summed E-state index contributed by atoms with van der Waals surface area (Å²) in [4.78, 5) is 1.75. The molecule has 0 amide bonds. The molecule has 0 aromatic heterocycles. The predicted molar refractivity (Wildman–Crippen MR) is 93.7 cm³/mol. The summed E-state index contributed by atoms with van der Waals surface area (Å²) >= 11 is 0. The molecule has 6 heteroatoms. The lowest BCUT2D eigenvalue weighted by atomic mass is 10.2. The Hall–Kier alpha value is -1.11. The van der Waals surface area contributed by atoms with Gasteiger partial charge in [-0.2, -0.15) is 0 Å². The van der Waals surface area contributed by atoms with Crippen molar-refractivity contribution in [3.8, 4) is 5.75 Å². The molecule has 1 aromatic carbocycles. The van der Waals surface area contributed by atoms with Crippen LogP contribution in [-0.2, 0) is 10.0 Å². The number of hydrogen-bond donors (Lipinski definition) is 2. The van der Waals surface area contributed by atoms with Gasteiger partial charge in [-0.3, -0.25) is 0 Å². The largest absolute Gasteiger partial charge is 0.495 e. The first-order valence-electron chi connectivity index (χ1n) is 8.34. The Morgan fingerprint density at radius 2 is 1.91 bits per heavy atom. The highest BCUT2D eigenvalue weighted by atomic mass is 32.2. The minimum absolute atomic E-state index is 0.0971. The minimum atomic E-state index is -3.57. The lowest BCUT2D eigenvalue weighted by Gasteiger charge is -2.18. The van der Waals surface area contributed by atoms with Crippen LogP contribution >= 0.6 is 0 Å². The highest BCUT2D eigenvalue weighted by Crippen LogP contribution is 2.24. The molecule has 5 nitrogen and oxygen atoms in total. The number of benzene rings is 1. The van der Waals surface area contributed by atoms with Crippen LogP contribution in [0.15, 0.2) is 23.1 Å². The topological polar surface area (TPSA) is 59.8 Å². The van der Waals surface area contributed by atoms with Crippen molar-refractivity contribution >= 4 is 10.0 Å². The van der Waals surface area contributed by atoms with Crippen LogP contribution in [0.25, 0.3) is 0 Å². The molecule has 2 N–H and O–H groups in total. The Labute approximate surface area is 141 Å². The van der Waals surface area contributed by atoms with E-state index in [0.717, 1.165) is 38.0 Å². The first-order valence-corrected chi connectivity index (χ1v) is 9.82. The van der Waals surface area contributed by atoms with E-state index in [4.69, 9.17) is 4.74 Å². The first kappa shape index (κ1) is 19.9. The van der Waals surface area contributed by atoms with Crippen LogP contribution in [0.5, 0.6) is 5.75 Å². The van der Waals surface area contributed by atoms with Crippen molar-refractivity contribution in [2.24, 2.45) is 0 Å². The van der Waals surface area contributed by atoms with Crippen LogP contribution in [0, 0.1) is 6.92 Å². The summed E-state index contributed by atoms with van der Waals surface area (Å²) in [5, 5.41) is 0. The summed E-state index contributed by atoms with van der Waals surface area (Å²) < 4.78 is 33.1. The van der Waals surface area contributed by atoms with Crippen molar-refractivity contribution in [1.29, 1.82) is 0 Å². The molecule has 0 aliphatic heterocycles. The highest BCUT2D eigenvalue weighted by Gasteiger charge is 2.22. The fourth-order valence-electron chi connectivity index (χ4n) is 2.64. The molecular weight excluding hydrogens is 312 g/mol. The number of nitrogens with one attached hydrogen (secondary N) is 2. The predicted octanol–water partition coefficient (Wildman–Crippen LogP) is 1.38. The van der Waals surface area contributed by atoms with E-state index in [0.29, 0.717) is 5.75 Å². The summed E-state index contributed by atoms with van der Waals surface area (Å²) in [5.41, 5.74) is 0.893. The molecule has 0 radical (unpaired) electrons. The number of quaternary nitrogens is 1. The van der Waals surface area contributed by atoms with Gasteiger partial charge in [0.05, 0.1) is 26.7 Å². The van der Waals surface area contributed by atoms with E-state index in [1.165, 1.54) is 7.11 Å². The number of hydrogen-bond acceptors (Lipinski definition) is 3. The third-order valence-electron chi connectivity index (χ3n) is 4.13. The molecule has 1 aromatic rings. The fraction of sp³-hybridized carbons (Fsp3) is 0.647. The molecule has 0 unspecified atom stereocenters. The van der Waals surface area contributed by atoms with Gasteiger partial charge in [0.2, 0.25) is 10.0 Å². The van der Waals surface area contributed by atoms with E-state index in [1.54, 1.807) is 17.0 Å². The monoisotopic (exact) mass is 343 g/mol. The zero-order valence-electron chi connectivity index (χ0n) is 15.0. The number of methoxy groups -OCH3 is 1. The molecule has 0 aliphatic carbocycles. The number of aryl methyl sites for hydroxylation is 1. The lowest BCUT2D eigenvalue weighted by Crippen LogP contribution is -3.11. The maximum absolute atomic E-state index is 12.6. The Kier molecular flexibility index (Phi) is 8.02.